The summed E-state index contributed by atoms with van der Waals surface area (Å²) in [7, 11) is 0. The molecule has 0 aromatic rings. The molecule has 0 aromatic heterocycles. The normalized spacial score (nSPS) is 18.8. The molecule has 0 bridgehead atoms. The van der Waals surface area contributed by atoms with Crippen LogP contribution in [-0.2, 0) is 20.4 Å². The van der Waals surface area contributed by atoms with Crippen LogP contribution in [0.3, 0.4) is 0 Å². The molecule has 0 saturated heterocycles. The van der Waals surface area contributed by atoms with Gasteiger partial charge >= 0.3 is 85.1 Å². The zero-order valence-corrected chi connectivity index (χ0v) is 10.5. The molecular formula is C11H11BrTi. The van der Waals surface area contributed by atoms with Crippen molar-refractivity contribution in [3.63, 3.8) is 0 Å². The number of hydrogen-bond donors (Lipinski definition) is 0. The van der Waals surface area contributed by atoms with Crippen LogP contribution < -0.4 is 17.0 Å². The predicted molar refractivity (Wildman–Crippen MR) is 47.4 cm³/mol. The second kappa shape index (κ2) is 5.14. The Labute approximate surface area is 102 Å². The second-order valence-corrected chi connectivity index (χ2v) is 4.08. The summed E-state index contributed by atoms with van der Waals surface area (Å²) in [6, 6.07) is 0. The summed E-state index contributed by atoms with van der Waals surface area (Å²) < 4.78 is 0.648. The standard InChI is InChI=1S/C11H11.BrH.Ti/c1-2-6-10(5-1)9-11-7-3-4-8-11;;/h1-5,7,9H,6,8H2;1H;/q;;+1/p-1. The van der Waals surface area contributed by atoms with E-state index in [1.54, 1.807) is 11.1 Å². The minimum atomic E-state index is 0. The van der Waals surface area contributed by atoms with E-state index >= 15 is 0 Å². The van der Waals surface area contributed by atoms with Crippen LogP contribution in [0.1, 0.15) is 12.8 Å². The quantitative estimate of drug-likeness (QED) is 0.625. The molecule has 13 heavy (non-hydrogen) atoms. The molecule has 0 amide bonds. The fourth-order valence-corrected chi connectivity index (χ4v) is 2.26. The van der Waals surface area contributed by atoms with E-state index in [0.29, 0.717) is 4.22 Å². The van der Waals surface area contributed by atoms with E-state index in [4.69, 9.17) is 0 Å². The summed E-state index contributed by atoms with van der Waals surface area (Å²) in [5.41, 5.74) is 3.12. The van der Waals surface area contributed by atoms with Crippen molar-refractivity contribution < 1.29 is 37.4 Å². The molecule has 0 aliphatic heterocycles. The average molecular weight is 271 g/mol. The van der Waals surface area contributed by atoms with Crippen molar-refractivity contribution in [1.29, 1.82) is 0 Å². The molecule has 2 rings (SSSR count). The van der Waals surface area contributed by atoms with Crippen molar-refractivity contribution in [1.82, 2.24) is 0 Å². The Morgan fingerprint density at radius 1 is 1.00 bits per heavy atom. The molecule has 0 heterocycles. The molecule has 0 unspecified atom stereocenters. The zero-order chi connectivity index (χ0) is 8.39. The van der Waals surface area contributed by atoms with Gasteiger partial charge in [0.1, 0.15) is 0 Å². The van der Waals surface area contributed by atoms with E-state index in [1.807, 2.05) is 0 Å². The van der Waals surface area contributed by atoms with Gasteiger partial charge in [0.25, 0.3) is 0 Å². The maximum atomic E-state index is 2.30. The molecule has 2 aliphatic carbocycles. The van der Waals surface area contributed by atoms with Gasteiger partial charge in [0.05, 0.1) is 0 Å². The Morgan fingerprint density at radius 2 is 1.46 bits per heavy atom. The Balaban J connectivity index is 0.000000845. The summed E-state index contributed by atoms with van der Waals surface area (Å²) in [4.78, 5) is 0. The van der Waals surface area contributed by atoms with Gasteiger partial charge in [-0.3, -0.25) is 0 Å². The fraction of sp³-hybridized carbons (Fsp3) is 0.273. The van der Waals surface area contributed by atoms with Crippen LogP contribution in [0.25, 0.3) is 0 Å². The number of halogens is 1. The first-order valence-corrected chi connectivity index (χ1v) is 5.20. The van der Waals surface area contributed by atoms with Gasteiger partial charge in [0.15, 0.2) is 0 Å². The molecule has 0 spiro atoms. The first kappa shape index (κ1) is 11.2. The van der Waals surface area contributed by atoms with Crippen molar-refractivity contribution >= 4 is 0 Å². The van der Waals surface area contributed by atoms with Crippen LogP contribution >= 0.6 is 0 Å². The summed E-state index contributed by atoms with van der Waals surface area (Å²) in [5, 5.41) is 0. The van der Waals surface area contributed by atoms with Gasteiger partial charge in [0.2, 0.25) is 0 Å². The van der Waals surface area contributed by atoms with Crippen molar-refractivity contribution in [2.45, 2.75) is 17.1 Å². The van der Waals surface area contributed by atoms with Gasteiger partial charge < -0.3 is 17.0 Å². The number of rotatable bonds is 2. The third-order valence-corrected chi connectivity index (χ3v) is 3.50. The average Bonchev–Trinajstić information content (AvgIpc) is 2.77. The monoisotopic (exact) mass is 270 g/mol. The molecule has 0 atom stereocenters. The molecule has 66 valence electrons. The molecule has 2 heteroatoms. The van der Waals surface area contributed by atoms with Gasteiger partial charge in [0, 0.05) is 0 Å². The molecular weight excluding hydrogens is 260 g/mol. The third-order valence-electron chi connectivity index (χ3n) is 2.34. The fourth-order valence-electron chi connectivity index (χ4n) is 1.59. The van der Waals surface area contributed by atoms with E-state index in [-0.39, 0.29) is 17.0 Å². The van der Waals surface area contributed by atoms with E-state index < -0.39 is 0 Å². The Morgan fingerprint density at radius 3 is 1.77 bits per heavy atom. The van der Waals surface area contributed by atoms with Gasteiger partial charge in [-0.15, -0.1) is 0 Å². The van der Waals surface area contributed by atoms with Crippen molar-refractivity contribution in [2.24, 2.45) is 0 Å². The van der Waals surface area contributed by atoms with Gasteiger partial charge in [-0.1, -0.05) is 0 Å². The van der Waals surface area contributed by atoms with Gasteiger partial charge in [-0.05, 0) is 0 Å². The van der Waals surface area contributed by atoms with Crippen LogP contribution in [0.2, 0.25) is 4.22 Å². The van der Waals surface area contributed by atoms with Gasteiger partial charge in [-0.2, -0.15) is 0 Å². The minimum absolute atomic E-state index is 0. The first-order chi connectivity index (χ1) is 5.88. The third kappa shape index (κ3) is 2.55. The van der Waals surface area contributed by atoms with Crippen LogP contribution in [0.5, 0.6) is 0 Å². The molecule has 0 fully saturated rings. The Bertz CT molecular complexity index is 267. The van der Waals surface area contributed by atoms with E-state index in [1.165, 1.54) is 0 Å². The summed E-state index contributed by atoms with van der Waals surface area (Å²) >= 11 is 2.30. The van der Waals surface area contributed by atoms with Crippen molar-refractivity contribution in [3.8, 4) is 0 Å². The molecule has 0 aromatic carbocycles. The zero-order valence-electron chi connectivity index (χ0n) is 7.33. The van der Waals surface area contributed by atoms with E-state index in [0.717, 1.165) is 12.8 Å². The number of allylic oxidation sites excluding steroid dienone is 8. The topological polar surface area (TPSA) is 0 Å². The van der Waals surface area contributed by atoms with E-state index in [2.05, 4.69) is 56.9 Å². The van der Waals surface area contributed by atoms with E-state index in [9.17, 15) is 0 Å². The maximum absolute atomic E-state index is 2.30. The van der Waals surface area contributed by atoms with Crippen molar-refractivity contribution in [2.75, 3.05) is 0 Å². The van der Waals surface area contributed by atoms with Crippen LogP contribution in [-0.4, -0.2) is 0 Å². The van der Waals surface area contributed by atoms with Crippen LogP contribution in [0.4, 0.5) is 0 Å². The number of hydrogen-bond acceptors (Lipinski definition) is 0. The summed E-state index contributed by atoms with van der Waals surface area (Å²) in [6.07, 6.45) is 15.6. The molecule has 2 aliphatic rings. The molecule has 0 saturated carbocycles. The Kier molecular flexibility index (Phi) is 4.44. The predicted octanol–water partition coefficient (Wildman–Crippen LogP) is 0.0983. The van der Waals surface area contributed by atoms with Crippen molar-refractivity contribution in [3.05, 3.63) is 47.6 Å². The first-order valence-electron chi connectivity index (χ1n) is 4.30. The molecule has 0 radical (unpaired) electrons. The van der Waals surface area contributed by atoms with Crippen LogP contribution in [0.15, 0.2) is 47.6 Å². The second-order valence-electron chi connectivity index (χ2n) is 3.18. The van der Waals surface area contributed by atoms with Gasteiger partial charge in [-0.25, -0.2) is 0 Å². The molecule has 0 nitrogen and oxygen atoms in total. The Hall–Kier alpha value is 0.154. The SMILES string of the molecule is [Br-].[Ti+][CH](C1=CC=CC1)C1=CC=CC1. The molecule has 0 N–H and O–H groups in total. The summed E-state index contributed by atoms with van der Waals surface area (Å²) in [5.74, 6) is 0. The summed E-state index contributed by atoms with van der Waals surface area (Å²) in [6.45, 7) is 0. The van der Waals surface area contributed by atoms with Crippen LogP contribution in [0, 0.1) is 0 Å².